The normalized spacial score (nSPS) is 27.6. The van der Waals surface area contributed by atoms with Gasteiger partial charge in [-0.25, -0.2) is 16.8 Å². The molecule has 4 aromatic carbocycles. The highest BCUT2D eigenvalue weighted by Crippen LogP contribution is 2.50. The Balaban J connectivity index is 0.000000186. The molecule has 0 unspecified atom stereocenters. The lowest BCUT2D eigenvalue weighted by atomic mass is 9.60. The second kappa shape index (κ2) is 18.2. The Morgan fingerprint density at radius 1 is 0.516 bits per heavy atom. The summed E-state index contributed by atoms with van der Waals surface area (Å²) in [5.74, 6) is 0.956. The number of nitrogens with two attached hydrogens (primary N) is 2. The van der Waals surface area contributed by atoms with Crippen LogP contribution in [0.1, 0.15) is 115 Å². The third-order valence-electron chi connectivity index (χ3n) is 14.9. The van der Waals surface area contributed by atoms with Crippen LogP contribution >= 0.6 is 0 Å². The number of nitrogens with zero attached hydrogens (tertiary/aromatic N) is 2. The number of sulfonamides is 2. The molecule has 62 heavy (non-hydrogen) atoms. The number of hydrogen-bond acceptors (Lipinski definition) is 6. The molecule has 4 N–H and O–H groups in total. The Bertz CT molecular complexity index is 2160. The quantitative estimate of drug-likeness (QED) is 0.182. The van der Waals surface area contributed by atoms with E-state index in [1.165, 1.54) is 11.1 Å². The zero-order valence-corrected chi connectivity index (χ0v) is 39.7. The van der Waals surface area contributed by atoms with Crippen LogP contribution in [0.4, 0.5) is 0 Å². The lowest BCUT2D eigenvalue weighted by Crippen LogP contribution is -2.55. The molecule has 2 saturated heterocycles. The van der Waals surface area contributed by atoms with Crippen LogP contribution in [0.15, 0.2) is 119 Å². The van der Waals surface area contributed by atoms with E-state index in [1.807, 2.05) is 36.4 Å². The second-order valence-electron chi connectivity index (χ2n) is 21.3. The third kappa shape index (κ3) is 10.3. The number of fused-ring (bicyclic) bond motifs is 2. The summed E-state index contributed by atoms with van der Waals surface area (Å²) in [6, 6.07) is 36.5. The van der Waals surface area contributed by atoms with Crippen LogP contribution in [-0.4, -0.2) is 63.7 Å². The van der Waals surface area contributed by atoms with E-state index < -0.39 is 20.0 Å². The zero-order chi connectivity index (χ0) is 44.6. The molecule has 0 spiro atoms. The van der Waals surface area contributed by atoms with Crippen LogP contribution in [0.5, 0.6) is 0 Å². The van der Waals surface area contributed by atoms with Gasteiger partial charge in [-0.2, -0.15) is 8.61 Å². The minimum atomic E-state index is -3.52. The molecule has 2 saturated carbocycles. The summed E-state index contributed by atoms with van der Waals surface area (Å²) in [5, 5.41) is 0. The van der Waals surface area contributed by atoms with Crippen LogP contribution in [0.3, 0.4) is 0 Å². The molecule has 336 valence electrons. The smallest absolute Gasteiger partial charge is 0.243 e. The van der Waals surface area contributed by atoms with E-state index in [9.17, 15) is 16.8 Å². The second-order valence-corrected chi connectivity index (χ2v) is 25.2. The van der Waals surface area contributed by atoms with Gasteiger partial charge in [0.2, 0.25) is 20.0 Å². The molecule has 0 amide bonds. The number of piperidine rings is 2. The summed E-state index contributed by atoms with van der Waals surface area (Å²) in [5.41, 5.74) is 17.4. The molecule has 4 fully saturated rings. The fraction of sp³-hybridized carbons (Fsp3) is 0.538. The monoisotopic (exact) mass is 880 g/mol. The highest BCUT2D eigenvalue weighted by Gasteiger charge is 2.50. The average Bonchev–Trinajstić information content (AvgIpc) is 3.24. The Labute approximate surface area is 374 Å². The van der Waals surface area contributed by atoms with Crippen LogP contribution in [-0.2, 0) is 43.7 Å². The van der Waals surface area contributed by atoms with Crippen molar-refractivity contribution in [2.45, 2.75) is 138 Å². The van der Waals surface area contributed by atoms with Crippen molar-refractivity contribution in [3.8, 4) is 0 Å². The van der Waals surface area contributed by atoms with E-state index in [1.54, 1.807) is 32.9 Å². The number of benzene rings is 4. The van der Waals surface area contributed by atoms with Gasteiger partial charge in [-0.15, -0.1) is 0 Å². The molecule has 0 radical (unpaired) electrons. The molecule has 0 aromatic heterocycles. The minimum absolute atomic E-state index is 0.00123. The van der Waals surface area contributed by atoms with Gasteiger partial charge in [0.05, 0.1) is 9.79 Å². The van der Waals surface area contributed by atoms with E-state index in [0.717, 1.165) is 75.3 Å². The van der Waals surface area contributed by atoms with Crippen LogP contribution in [0.2, 0.25) is 0 Å². The molecular formula is C52H72N4O4S2. The van der Waals surface area contributed by atoms with Crippen molar-refractivity contribution in [2.75, 3.05) is 26.2 Å². The van der Waals surface area contributed by atoms with Gasteiger partial charge in [0.1, 0.15) is 0 Å². The molecule has 4 aromatic rings. The molecule has 2 heterocycles. The van der Waals surface area contributed by atoms with Crippen molar-refractivity contribution < 1.29 is 16.8 Å². The van der Waals surface area contributed by atoms with Crippen molar-refractivity contribution in [3.05, 3.63) is 131 Å². The summed E-state index contributed by atoms with van der Waals surface area (Å²) in [6.07, 6.45) is 9.53. The third-order valence-corrected chi connectivity index (χ3v) is 18.6. The Morgan fingerprint density at radius 3 is 1.18 bits per heavy atom. The number of hydrogen-bond donors (Lipinski definition) is 2. The summed E-state index contributed by atoms with van der Waals surface area (Å²) < 4.78 is 57.8. The largest absolute Gasteiger partial charge is 0.328 e. The van der Waals surface area contributed by atoms with Gasteiger partial charge in [-0.3, -0.25) is 0 Å². The van der Waals surface area contributed by atoms with E-state index in [-0.39, 0.29) is 33.7 Å². The van der Waals surface area contributed by atoms with Gasteiger partial charge >= 0.3 is 0 Å². The molecule has 0 bridgehead atoms. The van der Waals surface area contributed by atoms with Crippen LogP contribution in [0.25, 0.3) is 0 Å². The van der Waals surface area contributed by atoms with Crippen molar-refractivity contribution in [1.82, 2.24) is 8.61 Å². The Hall–Kier alpha value is -3.38. The van der Waals surface area contributed by atoms with Crippen molar-refractivity contribution in [1.29, 1.82) is 0 Å². The number of rotatable bonds is 8. The van der Waals surface area contributed by atoms with Crippen LogP contribution < -0.4 is 11.5 Å². The van der Waals surface area contributed by atoms with E-state index >= 15 is 0 Å². The van der Waals surface area contributed by atoms with Crippen molar-refractivity contribution in [3.63, 3.8) is 0 Å². The van der Waals surface area contributed by atoms with E-state index in [4.69, 9.17) is 11.5 Å². The maximum atomic E-state index is 13.6. The minimum Gasteiger partial charge on any atom is -0.328 e. The van der Waals surface area contributed by atoms with E-state index in [0.29, 0.717) is 47.8 Å². The van der Waals surface area contributed by atoms with Gasteiger partial charge in [-0.1, -0.05) is 126 Å². The van der Waals surface area contributed by atoms with Crippen molar-refractivity contribution >= 4 is 20.0 Å². The van der Waals surface area contributed by atoms with Crippen LogP contribution in [0, 0.1) is 22.7 Å². The lowest BCUT2D eigenvalue weighted by molar-refractivity contribution is 0.0188. The highest BCUT2D eigenvalue weighted by atomic mass is 32.2. The molecule has 2 aliphatic carbocycles. The molecule has 2 aliphatic heterocycles. The zero-order valence-electron chi connectivity index (χ0n) is 38.1. The Morgan fingerprint density at radius 2 is 0.855 bits per heavy atom. The van der Waals surface area contributed by atoms with Gasteiger partial charge in [0.15, 0.2) is 0 Å². The van der Waals surface area contributed by atoms with Gasteiger partial charge in [-0.05, 0) is 144 Å². The SMILES string of the molecule is CC(C)(C)c1ccc(S(=O)(=O)N2CC[C@H]3C[C@@H](N)CC[C@]3(Cc3ccccc3)C2)cc1.CC(C)(C)c1ccc(S(=O)(=O)N2CC[C@H]3C[C@H](N)CC[C@]3(Cc3ccccc3)C2)cc1. The standard InChI is InChI=1S/2C26H36N2O2S/c2*1-25(2,3)21-9-11-24(12-10-21)31(29,30)28-16-14-22-17-23(27)13-15-26(22,19-28)18-20-7-5-4-6-8-20/h2*4-12,22-23H,13-19,27H2,1-3H3/t22-,23+,26-;22-,23-,26-/m00/s1. The topological polar surface area (TPSA) is 127 Å². The first-order valence-corrected chi connectivity index (χ1v) is 25.9. The highest BCUT2D eigenvalue weighted by molar-refractivity contribution is 7.89. The predicted octanol–water partition coefficient (Wildman–Crippen LogP) is 9.47. The summed E-state index contributed by atoms with van der Waals surface area (Å²) >= 11 is 0. The maximum absolute atomic E-state index is 13.6. The molecule has 8 nitrogen and oxygen atoms in total. The van der Waals surface area contributed by atoms with Gasteiger partial charge < -0.3 is 11.5 Å². The summed E-state index contributed by atoms with van der Waals surface area (Å²) in [4.78, 5) is 0.808. The Kier molecular flexibility index (Phi) is 13.7. The molecule has 4 aliphatic rings. The van der Waals surface area contributed by atoms with Gasteiger partial charge in [0.25, 0.3) is 0 Å². The first kappa shape index (κ1) is 46.6. The fourth-order valence-electron chi connectivity index (χ4n) is 11.1. The lowest BCUT2D eigenvalue weighted by Gasteiger charge is -2.52. The molecule has 8 rings (SSSR count). The summed E-state index contributed by atoms with van der Waals surface area (Å²) in [7, 11) is -7.03. The first-order valence-electron chi connectivity index (χ1n) is 23.0. The molecular weight excluding hydrogens is 809 g/mol. The average molecular weight is 881 g/mol. The van der Waals surface area contributed by atoms with Crippen molar-refractivity contribution in [2.24, 2.45) is 34.1 Å². The molecule has 6 atom stereocenters. The van der Waals surface area contributed by atoms with E-state index in [2.05, 4.69) is 90.1 Å². The first-order chi connectivity index (χ1) is 29.2. The summed E-state index contributed by atoms with van der Waals surface area (Å²) in [6.45, 7) is 15.2. The maximum Gasteiger partial charge on any atom is 0.243 e. The van der Waals surface area contributed by atoms with Gasteiger partial charge in [0, 0.05) is 38.3 Å². The predicted molar refractivity (Wildman–Crippen MR) is 253 cm³/mol. The fourth-order valence-corrected chi connectivity index (χ4v) is 14.2. The molecule has 10 heteroatoms.